The van der Waals surface area contributed by atoms with Gasteiger partial charge in [0.15, 0.2) is 0 Å². The summed E-state index contributed by atoms with van der Waals surface area (Å²) < 4.78 is 0. The number of H-pyrrole nitrogens is 1. The number of hydrogen-bond donors (Lipinski definition) is 3. The van der Waals surface area contributed by atoms with Crippen LogP contribution in [0.1, 0.15) is 13.8 Å². The second kappa shape index (κ2) is 4.76. The molecular weight excluding hydrogens is 180 g/mol. The standard InChI is InChI=1S/C9H16N4O/c1-6(4-10)7(2)13-8-3-9(14)12-5-11-8/h3,5-7H,4,10H2,1-2H3,(H2,11,12,13,14). The quantitative estimate of drug-likeness (QED) is 0.640. The molecule has 0 aliphatic heterocycles. The van der Waals surface area contributed by atoms with Gasteiger partial charge in [-0.05, 0) is 19.4 Å². The van der Waals surface area contributed by atoms with Crippen molar-refractivity contribution in [2.45, 2.75) is 19.9 Å². The van der Waals surface area contributed by atoms with Crippen LogP contribution >= 0.6 is 0 Å². The van der Waals surface area contributed by atoms with Crippen LogP contribution in [0.15, 0.2) is 17.2 Å². The fourth-order valence-corrected chi connectivity index (χ4v) is 1.03. The lowest BCUT2D eigenvalue weighted by Crippen LogP contribution is -2.30. The molecule has 0 saturated heterocycles. The lowest BCUT2D eigenvalue weighted by molar-refractivity contribution is 0.520. The van der Waals surface area contributed by atoms with Crippen molar-refractivity contribution in [1.82, 2.24) is 9.97 Å². The molecule has 5 nitrogen and oxygen atoms in total. The molecule has 0 radical (unpaired) electrons. The number of nitrogens with zero attached hydrogens (tertiary/aromatic N) is 1. The van der Waals surface area contributed by atoms with E-state index < -0.39 is 0 Å². The Morgan fingerprint density at radius 2 is 2.36 bits per heavy atom. The summed E-state index contributed by atoms with van der Waals surface area (Å²) in [5.41, 5.74) is 5.37. The van der Waals surface area contributed by atoms with E-state index in [-0.39, 0.29) is 11.6 Å². The second-order valence-electron chi connectivity index (χ2n) is 3.44. The van der Waals surface area contributed by atoms with E-state index in [2.05, 4.69) is 15.3 Å². The van der Waals surface area contributed by atoms with Crippen LogP contribution in [-0.2, 0) is 0 Å². The van der Waals surface area contributed by atoms with Gasteiger partial charge in [-0.15, -0.1) is 0 Å². The third-order valence-electron chi connectivity index (χ3n) is 2.28. The summed E-state index contributed by atoms with van der Waals surface area (Å²) in [4.78, 5) is 17.4. The van der Waals surface area contributed by atoms with E-state index in [0.29, 0.717) is 18.3 Å². The van der Waals surface area contributed by atoms with Crippen molar-refractivity contribution in [3.63, 3.8) is 0 Å². The van der Waals surface area contributed by atoms with Crippen LogP contribution < -0.4 is 16.6 Å². The molecule has 0 saturated carbocycles. The number of hydrogen-bond acceptors (Lipinski definition) is 4. The van der Waals surface area contributed by atoms with Crippen molar-refractivity contribution in [2.75, 3.05) is 11.9 Å². The maximum Gasteiger partial charge on any atom is 0.252 e. The smallest absolute Gasteiger partial charge is 0.252 e. The van der Waals surface area contributed by atoms with Gasteiger partial charge in [-0.2, -0.15) is 0 Å². The zero-order valence-electron chi connectivity index (χ0n) is 8.45. The molecule has 0 bridgehead atoms. The van der Waals surface area contributed by atoms with Gasteiger partial charge in [0.05, 0.1) is 6.33 Å². The molecule has 78 valence electrons. The first-order chi connectivity index (χ1) is 6.63. The molecule has 0 aliphatic carbocycles. The van der Waals surface area contributed by atoms with E-state index in [4.69, 9.17) is 5.73 Å². The minimum atomic E-state index is -0.157. The number of rotatable bonds is 4. The summed E-state index contributed by atoms with van der Waals surface area (Å²) in [6, 6.07) is 1.63. The average molecular weight is 196 g/mol. The minimum Gasteiger partial charge on any atom is -0.367 e. The van der Waals surface area contributed by atoms with Crippen LogP contribution in [0, 0.1) is 5.92 Å². The third kappa shape index (κ3) is 2.85. The second-order valence-corrected chi connectivity index (χ2v) is 3.44. The molecule has 0 fully saturated rings. The number of aromatic nitrogens is 2. The molecule has 2 atom stereocenters. The highest BCUT2D eigenvalue weighted by Gasteiger charge is 2.10. The molecule has 4 N–H and O–H groups in total. The van der Waals surface area contributed by atoms with Gasteiger partial charge in [-0.25, -0.2) is 4.98 Å². The molecule has 2 unspecified atom stereocenters. The van der Waals surface area contributed by atoms with Crippen molar-refractivity contribution in [2.24, 2.45) is 11.7 Å². The molecule has 1 aromatic rings. The summed E-state index contributed by atoms with van der Waals surface area (Å²) >= 11 is 0. The Morgan fingerprint density at radius 1 is 1.64 bits per heavy atom. The van der Waals surface area contributed by atoms with Crippen LogP contribution in [-0.4, -0.2) is 22.6 Å². The highest BCUT2D eigenvalue weighted by Crippen LogP contribution is 2.06. The Morgan fingerprint density at radius 3 is 2.93 bits per heavy atom. The fraction of sp³-hybridized carbons (Fsp3) is 0.556. The van der Waals surface area contributed by atoms with Crippen molar-refractivity contribution in [3.05, 3.63) is 22.7 Å². The molecule has 14 heavy (non-hydrogen) atoms. The van der Waals surface area contributed by atoms with Gasteiger partial charge < -0.3 is 16.0 Å². The van der Waals surface area contributed by atoms with Crippen molar-refractivity contribution in [3.8, 4) is 0 Å². The summed E-state index contributed by atoms with van der Waals surface area (Å²) in [5, 5.41) is 3.12. The van der Waals surface area contributed by atoms with Crippen LogP contribution in [0.5, 0.6) is 0 Å². The lowest BCUT2D eigenvalue weighted by Gasteiger charge is -2.19. The molecule has 1 heterocycles. The summed E-state index contributed by atoms with van der Waals surface area (Å²) in [5.74, 6) is 0.928. The molecule has 5 heteroatoms. The van der Waals surface area contributed by atoms with Crippen LogP contribution in [0.3, 0.4) is 0 Å². The molecule has 1 rings (SSSR count). The normalized spacial score (nSPS) is 14.8. The summed E-state index contributed by atoms with van der Waals surface area (Å²) in [7, 11) is 0. The largest absolute Gasteiger partial charge is 0.367 e. The zero-order chi connectivity index (χ0) is 10.6. The van der Waals surface area contributed by atoms with Gasteiger partial charge in [0.1, 0.15) is 5.82 Å². The highest BCUT2D eigenvalue weighted by atomic mass is 16.1. The average Bonchev–Trinajstić information content (AvgIpc) is 2.16. The van der Waals surface area contributed by atoms with Crippen molar-refractivity contribution < 1.29 is 0 Å². The summed E-state index contributed by atoms with van der Waals surface area (Å²) in [6.45, 7) is 4.67. The van der Waals surface area contributed by atoms with Gasteiger partial charge in [-0.3, -0.25) is 4.79 Å². The molecular formula is C9H16N4O. The molecule has 0 aromatic carbocycles. The molecule has 0 amide bonds. The van der Waals surface area contributed by atoms with Gasteiger partial charge in [0.25, 0.3) is 5.56 Å². The molecule has 0 aliphatic rings. The topological polar surface area (TPSA) is 83.8 Å². The van der Waals surface area contributed by atoms with Gasteiger partial charge in [-0.1, -0.05) is 6.92 Å². The van der Waals surface area contributed by atoms with E-state index >= 15 is 0 Å². The molecule has 0 spiro atoms. The Kier molecular flexibility index (Phi) is 3.64. The predicted octanol–water partition coefficient (Wildman–Crippen LogP) is 0.165. The predicted molar refractivity (Wildman–Crippen MR) is 56.2 cm³/mol. The van der Waals surface area contributed by atoms with Crippen LogP contribution in [0.25, 0.3) is 0 Å². The SMILES string of the molecule is CC(CN)C(C)Nc1cc(=O)[nH]cn1. The van der Waals surface area contributed by atoms with Gasteiger partial charge in [0, 0.05) is 12.1 Å². The maximum absolute atomic E-state index is 11.0. The maximum atomic E-state index is 11.0. The highest BCUT2D eigenvalue weighted by molar-refractivity contribution is 5.32. The Labute approximate surface area is 82.7 Å². The Hall–Kier alpha value is -1.36. The van der Waals surface area contributed by atoms with Crippen molar-refractivity contribution >= 4 is 5.82 Å². The number of nitrogens with one attached hydrogen (secondary N) is 2. The number of anilines is 1. The van der Waals surface area contributed by atoms with Crippen molar-refractivity contribution in [1.29, 1.82) is 0 Å². The monoisotopic (exact) mass is 196 g/mol. The number of nitrogens with two attached hydrogens (primary N) is 1. The minimum absolute atomic E-state index is 0.157. The first-order valence-corrected chi connectivity index (χ1v) is 4.65. The van der Waals surface area contributed by atoms with Gasteiger partial charge in [0.2, 0.25) is 0 Å². The van der Waals surface area contributed by atoms with E-state index in [1.165, 1.54) is 12.4 Å². The fourth-order valence-electron chi connectivity index (χ4n) is 1.03. The Bertz CT molecular complexity index is 336. The zero-order valence-corrected chi connectivity index (χ0v) is 8.45. The number of aromatic amines is 1. The van der Waals surface area contributed by atoms with E-state index in [0.717, 1.165) is 0 Å². The van der Waals surface area contributed by atoms with Crippen LogP contribution in [0.4, 0.5) is 5.82 Å². The summed E-state index contributed by atoms with van der Waals surface area (Å²) in [6.07, 6.45) is 1.38. The van der Waals surface area contributed by atoms with Gasteiger partial charge >= 0.3 is 0 Å². The van der Waals surface area contributed by atoms with Crippen LogP contribution in [0.2, 0.25) is 0 Å². The van der Waals surface area contributed by atoms with E-state index in [1.807, 2.05) is 13.8 Å². The van der Waals surface area contributed by atoms with E-state index in [1.54, 1.807) is 0 Å². The lowest BCUT2D eigenvalue weighted by atomic mass is 10.0. The Balaban J connectivity index is 2.64. The first-order valence-electron chi connectivity index (χ1n) is 4.65. The van der Waals surface area contributed by atoms with E-state index in [9.17, 15) is 4.79 Å². The first kappa shape index (κ1) is 10.7. The third-order valence-corrected chi connectivity index (χ3v) is 2.28. The molecule has 1 aromatic heterocycles.